The number of carbonyl (C=O) groups is 1. The molecule has 136 valence electrons. The Kier molecular flexibility index (Phi) is 4.85. The van der Waals surface area contributed by atoms with E-state index in [1.54, 1.807) is 55.0 Å². The SMILES string of the molecule is Cc1noc(C)c1[C@@H](C(=O)O)N(C)Cc1cnn(-c2ccc(F)cc2)c1. The third-order valence-electron chi connectivity index (χ3n) is 4.20. The van der Waals surface area contributed by atoms with Gasteiger partial charge in [0, 0.05) is 23.9 Å². The molecular weight excluding hydrogens is 339 g/mol. The van der Waals surface area contributed by atoms with Gasteiger partial charge in [-0.2, -0.15) is 5.10 Å². The number of aromatic nitrogens is 3. The summed E-state index contributed by atoms with van der Waals surface area (Å²) in [4.78, 5) is 13.5. The second kappa shape index (κ2) is 7.09. The van der Waals surface area contributed by atoms with Crippen molar-refractivity contribution in [1.29, 1.82) is 0 Å². The van der Waals surface area contributed by atoms with Crippen LogP contribution in [0, 0.1) is 19.7 Å². The van der Waals surface area contributed by atoms with Gasteiger partial charge in [-0.3, -0.25) is 9.69 Å². The largest absolute Gasteiger partial charge is 0.480 e. The topological polar surface area (TPSA) is 84.4 Å². The zero-order chi connectivity index (χ0) is 18.8. The molecule has 0 amide bonds. The van der Waals surface area contributed by atoms with Crippen molar-refractivity contribution in [3.8, 4) is 5.69 Å². The molecule has 7 nitrogen and oxygen atoms in total. The van der Waals surface area contributed by atoms with Crippen LogP contribution in [0.4, 0.5) is 4.39 Å². The predicted molar refractivity (Wildman–Crippen MR) is 91.3 cm³/mol. The summed E-state index contributed by atoms with van der Waals surface area (Å²) in [6.07, 6.45) is 3.45. The number of likely N-dealkylation sites (N-methyl/N-ethyl adjacent to an activating group) is 1. The molecule has 1 N–H and O–H groups in total. The maximum atomic E-state index is 13.0. The lowest BCUT2D eigenvalue weighted by Gasteiger charge is -2.24. The summed E-state index contributed by atoms with van der Waals surface area (Å²) in [5, 5.41) is 17.8. The van der Waals surface area contributed by atoms with E-state index in [2.05, 4.69) is 10.3 Å². The molecule has 0 aliphatic carbocycles. The molecule has 0 bridgehead atoms. The number of hydrogen-bond donors (Lipinski definition) is 1. The number of halogens is 1. The van der Waals surface area contributed by atoms with Crippen molar-refractivity contribution < 1.29 is 18.8 Å². The van der Waals surface area contributed by atoms with Crippen LogP contribution < -0.4 is 0 Å². The summed E-state index contributed by atoms with van der Waals surface area (Å²) >= 11 is 0. The number of aryl methyl sites for hydroxylation is 2. The Morgan fingerprint density at radius 3 is 2.62 bits per heavy atom. The molecule has 3 rings (SSSR count). The molecule has 1 aromatic carbocycles. The fourth-order valence-corrected chi connectivity index (χ4v) is 2.97. The molecule has 0 aliphatic rings. The van der Waals surface area contributed by atoms with Gasteiger partial charge < -0.3 is 9.63 Å². The van der Waals surface area contributed by atoms with Crippen LogP contribution in [0.1, 0.15) is 28.6 Å². The van der Waals surface area contributed by atoms with Crippen LogP contribution in [0.15, 0.2) is 41.2 Å². The Bertz CT molecular complexity index is 897. The Morgan fingerprint density at radius 2 is 2.04 bits per heavy atom. The van der Waals surface area contributed by atoms with Gasteiger partial charge in [0.2, 0.25) is 0 Å². The maximum absolute atomic E-state index is 13.0. The minimum absolute atomic E-state index is 0.315. The quantitative estimate of drug-likeness (QED) is 0.729. The average Bonchev–Trinajstić information content (AvgIpc) is 3.17. The van der Waals surface area contributed by atoms with Crippen molar-refractivity contribution >= 4 is 5.97 Å². The van der Waals surface area contributed by atoms with Crippen LogP contribution in [0.25, 0.3) is 5.69 Å². The van der Waals surface area contributed by atoms with E-state index in [0.717, 1.165) is 11.3 Å². The standard InChI is InChI=1S/C18H19FN4O3/c1-11-16(12(2)26-21-11)17(18(24)25)22(3)9-13-8-20-23(10-13)15-6-4-14(19)5-7-15/h4-8,10,17H,9H2,1-3H3,(H,24,25)/t17-/m0/s1. The molecule has 0 unspecified atom stereocenters. The van der Waals surface area contributed by atoms with E-state index in [1.807, 2.05) is 0 Å². The van der Waals surface area contributed by atoms with E-state index in [1.165, 1.54) is 12.1 Å². The van der Waals surface area contributed by atoms with Crippen molar-refractivity contribution in [3.63, 3.8) is 0 Å². The number of hydrogen-bond acceptors (Lipinski definition) is 5. The lowest BCUT2D eigenvalue weighted by atomic mass is 10.0. The van der Waals surface area contributed by atoms with Gasteiger partial charge in [0.15, 0.2) is 0 Å². The molecule has 0 spiro atoms. The molecule has 0 radical (unpaired) electrons. The van der Waals surface area contributed by atoms with Gasteiger partial charge in [-0.25, -0.2) is 9.07 Å². The number of rotatable bonds is 6. The first-order chi connectivity index (χ1) is 12.4. The van der Waals surface area contributed by atoms with Crippen LogP contribution in [-0.4, -0.2) is 38.0 Å². The normalized spacial score (nSPS) is 12.5. The summed E-state index contributed by atoms with van der Waals surface area (Å²) in [6, 6.07) is 5.09. The molecule has 3 aromatic rings. The molecule has 26 heavy (non-hydrogen) atoms. The van der Waals surface area contributed by atoms with Crippen LogP contribution in [-0.2, 0) is 11.3 Å². The first-order valence-corrected chi connectivity index (χ1v) is 8.02. The molecule has 2 aromatic heterocycles. The summed E-state index contributed by atoms with van der Waals surface area (Å²) in [7, 11) is 1.72. The number of benzene rings is 1. The predicted octanol–water partition coefficient (Wildman–Crippen LogP) is 2.87. The van der Waals surface area contributed by atoms with E-state index in [9.17, 15) is 14.3 Å². The lowest BCUT2D eigenvalue weighted by Crippen LogP contribution is -2.31. The minimum atomic E-state index is -0.979. The number of carboxylic acid groups (broad SMARTS) is 1. The van der Waals surface area contributed by atoms with Gasteiger partial charge in [-0.15, -0.1) is 0 Å². The summed E-state index contributed by atoms with van der Waals surface area (Å²) in [6.45, 7) is 3.79. The minimum Gasteiger partial charge on any atom is -0.480 e. The van der Waals surface area contributed by atoms with Gasteiger partial charge in [0.05, 0.1) is 17.6 Å². The second-order valence-corrected chi connectivity index (χ2v) is 6.16. The fraction of sp³-hybridized carbons (Fsp3) is 0.278. The highest BCUT2D eigenvalue weighted by Gasteiger charge is 2.30. The first-order valence-electron chi connectivity index (χ1n) is 8.02. The summed E-state index contributed by atoms with van der Waals surface area (Å²) < 4.78 is 19.8. The Balaban J connectivity index is 1.81. The summed E-state index contributed by atoms with van der Waals surface area (Å²) in [5.74, 6) is -0.804. The maximum Gasteiger partial charge on any atom is 0.325 e. The lowest BCUT2D eigenvalue weighted by molar-refractivity contribution is -0.143. The van der Waals surface area contributed by atoms with Crippen molar-refractivity contribution in [1.82, 2.24) is 19.8 Å². The van der Waals surface area contributed by atoms with Gasteiger partial charge in [-0.1, -0.05) is 5.16 Å². The van der Waals surface area contributed by atoms with Gasteiger partial charge in [0.25, 0.3) is 0 Å². The molecule has 0 fully saturated rings. The Labute approximate surface area is 149 Å². The molecule has 8 heteroatoms. The van der Waals surface area contributed by atoms with Crippen molar-refractivity contribution in [2.75, 3.05) is 7.05 Å². The Hall–Kier alpha value is -3.00. The van der Waals surface area contributed by atoms with Gasteiger partial charge in [0.1, 0.15) is 17.6 Å². The van der Waals surface area contributed by atoms with E-state index in [-0.39, 0.29) is 5.82 Å². The first kappa shape index (κ1) is 17.8. The van der Waals surface area contributed by atoms with E-state index < -0.39 is 12.0 Å². The van der Waals surface area contributed by atoms with Crippen LogP contribution >= 0.6 is 0 Å². The third-order valence-corrected chi connectivity index (χ3v) is 4.20. The zero-order valence-corrected chi connectivity index (χ0v) is 14.7. The molecule has 0 saturated heterocycles. The highest BCUT2D eigenvalue weighted by molar-refractivity contribution is 5.76. The molecule has 0 saturated carbocycles. The van der Waals surface area contributed by atoms with Gasteiger partial charge in [-0.05, 0) is 45.2 Å². The average molecular weight is 358 g/mol. The van der Waals surface area contributed by atoms with E-state index in [4.69, 9.17) is 4.52 Å². The number of carboxylic acids is 1. The second-order valence-electron chi connectivity index (χ2n) is 6.16. The highest BCUT2D eigenvalue weighted by Crippen LogP contribution is 2.27. The van der Waals surface area contributed by atoms with Crippen molar-refractivity contribution in [2.45, 2.75) is 26.4 Å². The van der Waals surface area contributed by atoms with Crippen LogP contribution in [0.2, 0.25) is 0 Å². The molecule has 0 aliphatic heterocycles. The highest BCUT2D eigenvalue weighted by atomic mass is 19.1. The zero-order valence-electron chi connectivity index (χ0n) is 14.7. The molecule has 1 atom stereocenters. The molecule has 2 heterocycles. The Morgan fingerprint density at radius 1 is 1.35 bits per heavy atom. The molecular formula is C18H19FN4O3. The number of nitrogens with zero attached hydrogens (tertiary/aromatic N) is 4. The van der Waals surface area contributed by atoms with Crippen LogP contribution in [0.3, 0.4) is 0 Å². The van der Waals surface area contributed by atoms with E-state index >= 15 is 0 Å². The van der Waals surface area contributed by atoms with Crippen molar-refractivity contribution in [3.05, 3.63) is 65.1 Å². The third kappa shape index (κ3) is 3.50. The smallest absolute Gasteiger partial charge is 0.325 e. The number of aliphatic carboxylic acids is 1. The van der Waals surface area contributed by atoms with E-state index in [0.29, 0.717) is 23.6 Å². The fourth-order valence-electron chi connectivity index (χ4n) is 2.97. The van der Waals surface area contributed by atoms with Crippen LogP contribution in [0.5, 0.6) is 0 Å². The van der Waals surface area contributed by atoms with Crippen molar-refractivity contribution in [2.24, 2.45) is 0 Å². The van der Waals surface area contributed by atoms with Gasteiger partial charge >= 0.3 is 5.97 Å². The monoisotopic (exact) mass is 358 g/mol. The summed E-state index contributed by atoms with van der Waals surface area (Å²) in [5.41, 5.74) is 2.67.